The molecule has 0 spiro atoms. The zero-order chi connectivity index (χ0) is 7.35. The molecule has 0 aromatic rings. The highest BCUT2D eigenvalue weighted by Crippen LogP contribution is 2.49. The topological polar surface area (TPSA) is 17.1 Å². The molecule has 0 aliphatic heterocycles. The minimum atomic E-state index is -1.10. The first-order chi connectivity index (χ1) is 4.61. The third kappa shape index (κ3) is 0.678. The third-order valence-electron chi connectivity index (χ3n) is 2.17. The van der Waals surface area contributed by atoms with E-state index < -0.39 is 4.33 Å². The lowest BCUT2D eigenvalue weighted by molar-refractivity contribution is -0.120. The van der Waals surface area contributed by atoms with Crippen LogP contribution in [-0.2, 0) is 4.79 Å². The van der Waals surface area contributed by atoms with Crippen molar-refractivity contribution in [1.82, 2.24) is 0 Å². The van der Waals surface area contributed by atoms with Crippen molar-refractivity contribution >= 4 is 29.0 Å². The molecule has 10 heavy (non-hydrogen) atoms. The summed E-state index contributed by atoms with van der Waals surface area (Å²) in [5, 5.41) is 0. The standard InChI is InChI=1S/C7H6Cl2O/c8-7(9)3-4-1-2-5(4)6(7)10/h1,5H,2-3H2. The van der Waals surface area contributed by atoms with Gasteiger partial charge in [-0.15, -0.1) is 0 Å². The minimum Gasteiger partial charge on any atom is -0.296 e. The summed E-state index contributed by atoms with van der Waals surface area (Å²) in [4.78, 5) is 11.2. The number of Topliss-reactive ketones (excluding diaryl/α,β-unsaturated/α-hetero) is 1. The lowest BCUT2D eigenvalue weighted by atomic mass is 9.87. The largest absolute Gasteiger partial charge is 0.296 e. The van der Waals surface area contributed by atoms with E-state index in [0.29, 0.717) is 6.42 Å². The van der Waals surface area contributed by atoms with Crippen LogP contribution in [0, 0.1) is 5.92 Å². The monoisotopic (exact) mass is 176 g/mol. The number of fused-ring (bicyclic) bond motifs is 1. The van der Waals surface area contributed by atoms with Crippen molar-refractivity contribution in [3.63, 3.8) is 0 Å². The van der Waals surface area contributed by atoms with Crippen LogP contribution in [0.3, 0.4) is 0 Å². The molecule has 1 nitrogen and oxygen atoms in total. The van der Waals surface area contributed by atoms with Crippen molar-refractivity contribution in [2.45, 2.75) is 17.2 Å². The van der Waals surface area contributed by atoms with Gasteiger partial charge in [-0.2, -0.15) is 0 Å². The second kappa shape index (κ2) is 1.77. The van der Waals surface area contributed by atoms with Gasteiger partial charge in [-0.3, -0.25) is 4.79 Å². The van der Waals surface area contributed by atoms with Gasteiger partial charge in [0.2, 0.25) is 0 Å². The van der Waals surface area contributed by atoms with Gasteiger partial charge in [0.15, 0.2) is 10.1 Å². The molecule has 0 amide bonds. The molecule has 0 aromatic heterocycles. The highest BCUT2D eigenvalue weighted by molar-refractivity contribution is 6.59. The summed E-state index contributed by atoms with van der Waals surface area (Å²) in [6.07, 6.45) is 3.42. The minimum absolute atomic E-state index is 0.00617. The molecule has 0 heterocycles. The van der Waals surface area contributed by atoms with Gasteiger partial charge >= 0.3 is 0 Å². The van der Waals surface area contributed by atoms with Crippen LogP contribution in [0.4, 0.5) is 0 Å². The molecule has 0 radical (unpaired) electrons. The van der Waals surface area contributed by atoms with Gasteiger partial charge < -0.3 is 0 Å². The highest BCUT2D eigenvalue weighted by atomic mass is 35.5. The summed E-state index contributed by atoms with van der Waals surface area (Å²) in [6.45, 7) is 0. The van der Waals surface area contributed by atoms with E-state index in [2.05, 4.69) is 0 Å². The van der Waals surface area contributed by atoms with Crippen LogP contribution in [0.5, 0.6) is 0 Å². The fourth-order valence-electron chi connectivity index (χ4n) is 1.47. The van der Waals surface area contributed by atoms with Gasteiger partial charge in [-0.1, -0.05) is 34.9 Å². The summed E-state index contributed by atoms with van der Waals surface area (Å²) in [5.74, 6) is 0.0586. The molecule has 3 heteroatoms. The first-order valence-electron chi connectivity index (χ1n) is 3.22. The molecule has 2 rings (SSSR count). The number of hydrogen-bond acceptors (Lipinski definition) is 1. The van der Waals surface area contributed by atoms with Gasteiger partial charge in [0.25, 0.3) is 0 Å². The van der Waals surface area contributed by atoms with Crippen LogP contribution in [0.25, 0.3) is 0 Å². The van der Waals surface area contributed by atoms with Gasteiger partial charge in [0, 0.05) is 12.3 Å². The Labute approximate surface area is 69.0 Å². The lowest BCUT2D eigenvalue weighted by Gasteiger charge is -2.16. The molecule has 54 valence electrons. The van der Waals surface area contributed by atoms with Crippen molar-refractivity contribution in [1.29, 1.82) is 0 Å². The van der Waals surface area contributed by atoms with Crippen molar-refractivity contribution < 1.29 is 4.79 Å². The molecule has 0 aromatic carbocycles. The van der Waals surface area contributed by atoms with E-state index in [0.717, 1.165) is 12.0 Å². The molecule has 1 atom stereocenters. The number of hydrogen-bond donors (Lipinski definition) is 0. The van der Waals surface area contributed by atoms with Crippen LogP contribution in [0.1, 0.15) is 12.8 Å². The van der Waals surface area contributed by atoms with E-state index in [-0.39, 0.29) is 11.7 Å². The predicted molar refractivity (Wildman–Crippen MR) is 40.3 cm³/mol. The molecule has 2 aliphatic carbocycles. The third-order valence-corrected chi connectivity index (χ3v) is 2.81. The van der Waals surface area contributed by atoms with Crippen LogP contribution in [0.15, 0.2) is 11.6 Å². The summed E-state index contributed by atoms with van der Waals surface area (Å²) in [7, 11) is 0. The first kappa shape index (κ1) is 6.68. The van der Waals surface area contributed by atoms with Crippen LogP contribution in [-0.4, -0.2) is 10.1 Å². The second-order valence-electron chi connectivity index (χ2n) is 2.81. The van der Waals surface area contributed by atoms with Gasteiger partial charge in [-0.25, -0.2) is 0 Å². The number of rotatable bonds is 0. The average molecular weight is 177 g/mol. The molecule has 2 aliphatic rings. The number of allylic oxidation sites excluding steroid dienone is 2. The SMILES string of the molecule is O=C1C2CC=C2CC1(Cl)Cl. The Morgan fingerprint density at radius 3 is 2.50 bits per heavy atom. The van der Waals surface area contributed by atoms with Crippen LogP contribution in [0.2, 0.25) is 0 Å². The number of halogens is 2. The van der Waals surface area contributed by atoms with Crippen molar-refractivity contribution in [2.75, 3.05) is 0 Å². The Bertz CT molecular complexity index is 230. The maximum Gasteiger partial charge on any atom is 0.180 e. The molecule has 0 saturated heterocycles. The van der Waals surface area contributed by atoms with Crippen molar-refractivity contribution in [3.8, 4) is 0 Å². The van der Waals surface area contributed by atoms with Crippen molar-refractivity contribution in [3.05, 3.63) is 11.6 Å². The number of alkyl halides is 2. The van der Waals surface area contributed by atoms with Gasteiger partial charge in [0.05, 0.1) is 0 Å². The Kier molecular flexibility index (Phi) is 1.19. The van der Waals surface area contributed by atoms with E-state index in [1.165, 1.54) is 0 Å². The maximum absolute atomic E-state index is 11.2. The predicted octanol–water partition coefficient (Wildman–Crippen LogP) is 2.08. The van der Waals surface area contributed by atoms with E-state index >= 15 is 0 Å². The van der Waals surface area contributed by atoms with Gasteiger partial charge in [0.1, 0.15) is 0 Å². The highest BCUT2D eigenvalue weighted by Gasteiger charge is 2.50. The van der Waals surface area contributed by atoms with E-state index in [9.17, 15) is 4.79 Å². The van der Waals surface area contributed by atoms with Crippen LogP contribution >= 0.6 is 23.2 Å². The average Bonchev–Trinajstić information content (AvgIpc) is 1.91. The number of carbonyl (C=O) groups excluding carboxylic acids is 1. The fraction of sp³-hybridized carbons (Fsp3) is 0.571. The summed E-state index contributed by atoms with van der Waals surface area (Å²) in [6, 6.07) is 0. The zero-order valence-corrected chi connectivity index (χ0v) is 6.74. The van der Waals surface area contributed by atoms with Crippen molar-refractivity contribution in [2.24, 2.45) is 5.92 Å². The molecule has 0 bridgehead atoms. The number of carbonyl (C=O) groups is 1. The quantitative estimate of drug-likeness (QED) is 0.409. The van der Waals surface area contributed by atoms with E-state index in [1.54, 1.807) is 0 Å². The normalized spacial score (nSPS) is 34.8. The van der Waals surface area contributed by atoms with E-state index in [4.69, 9.17) is 23.2 Å². The zero-order valence-electron chi connectivity index (χ0n) is 5.23. The molecular weight excluding hydrogens is 171 g/mol. The van der Waals surface area contributed by atoms with Crippen LogP contribution < -0.4 is 0 Å². The molecule has 1 fully saturated rings. The molecule has 1 unspecified atom stereocenters. The number of ketones is 1. The lowest BCUT2D eigenvalue weighted by Crippen LogP contribution is -2.23. The Morgan fingerprint density at radius 1 is 1.60 bits per heavy atom. The van der Waals surface area contributed by atoms with E-state index in [1.807, 2.05) is 6.08 Å². The van der Waals surface area contributed by atoms with Gasteiger partial charge in [-0.05, 0) is 6.42 Å². The summed E-state index contributed by atoms with van der Waals surface area (Å²) in [5.41, 5.74) is 1.13. The Hall–Kier alpha value is -0.0100. The smallest absolute Gasteiger partial charge is 0.180 e. The summed E-state index contributed by atoms with van der Waals surface area (Å²) >= 11 is 11.4. The Balaban J connectivity index is 2.36. The fourth-order valence-corrected chi connectivity index (χ4v) is 2.04. The molecule has 1 saturated carbocycles. The molecule has 0 N–H and O–H groups in total. The summed E-state index contributed by atoms with van der Waals surface area (Å²) < 4.78 is -1.10. The maximum atomic E-state index is 11.2. The first-order valence-corrected chi connectivity index (χ1v) is 3.98. The Morgan fingerprint density at radius 2 is 2.30 bits per heavy atom. The second-order valence-corrected chi connectivity index (χ2v) is 4.30. The molecular formula is C7H6Cl2O.